The maximum absolute atomic E-state index is 12.6. The monoisotopic (exact) mass is 472 g/mol. The van der Waals surface area contributed by atoms with Crippen molar-refractivity contribution in [2.75, 3.05) is 7.05 Å². The number of hydrogen-bond donors (Lipinski definition) is 1. The molecule has 1 aliphatic rings. The van der Waals surface area contributed by atoms with E-state index in [2.05, 4.69) is 4.99 Å². The molecule has 1 aliphatic heterocycles. The fourth-order valence-corrected chi connectivity index (χ4v) is 4.10. The number of furan rings is 1. The summed E-state index contributed by atoms with van der Waals surface area (Å²) >= 11 is 13.2. The molecule has 4 rings (SSSR count). The average molecular weight is 473 g/mol. The van der Waals surface area contributed by atoms with Crippen LogP contribution >= 0.6 is 35.0 Å². The number of carbonyl (C=O) groups is 2. The number of benzene rings is 2. The van der Waals surface area contributed by atoms with Gasteiger partial charge in [-0.05, 0) is 60.3 Å². The van der Waals surface area contributed by atoms with Crippen LogP contribution in [0.25, 0.3) is 17.4 Å². The van der Waals surface area contributed by atoms with Gasteiger partial charge in [0.15, 0.2) is 5.17 Å². The molecule has 2 aromatic carbocycles. The van der Waals surface area contributed by atoms with Crippen molar-refractivity contribution in [1.29, 1.82) is 0 Å². The number of rotatable bonds is 4. The van der Waals surface area contributed by atoms with Crippen molar-refractivity contribution >= 4 is 63.8 Å². The summed E-state index contributed by atoms with van der Waals surface area (Å²) in [6.07, 6.45) is 1.64. The zero-order valence-electron chi connectivity index (χ0n) is 16.0. The molecule has 0 atom stereocenters. The second kappa shape index (κ2) is 8.63. The van der Waals surface area contributed by atoms with Gasteiger partial charge in [0.2, 0.25) is 0 Å². The molecule has 3 aromatic rings. The van der Waals surface area contributed by atoms with Gasteiger partial charge in [-0.3, -0.25) is 9.69 Å². The molecule has 1 amide bonds. The van der Waals surface area contributed by atoms with Crippen LogP contribution in [-0.4, -0.2) is 34.1 Å². The molecule has 156 valence electrons. The van der Waals surface area contributed by atoms with Crippen molar-refractivity contribution in [3.8, 4) is 11.3 Å². The number of amides is 1. The zero-order chi connectivity index (χ0) is 22.1. The number of thioether (sulfide) groups is 1. The molecule has 0 aliphatic carbocycles. The van der Waals surface area contributed by atoms with E-state index in [1.54, 1.807) is 55.6 Å². The fourth-order valence-electron chi connectivity index (χ4n) is 2.83. The van der Waals surface area contributed by atoms with Gasteiger partial charge in [-0.15, -0.1) is 0 Å². The Hall–Kier alpha value is -3.00. The number of amidine groups is 1. The molecule has 2 heterocycles. The average Bonchev–Trinajstić information content (AvgIpc) is 3.31. The lowest BCUT2D eigenvalue weighted by Gasteiger charge is -2.07. The van der Waals surface area contributed by atoms with Crippen LogP contribution in [0.5, 0.6) is 0 Å². The lowest BCUT2D eigenvalue weighted by Crippen LogP contribution is -2.23. The number of aromatic carboxylic acids is 1. The molecule has 1 aromatic heterocycles. The topological polar surface area (TPSA) is 83.1 Å². The Morgan fingerprint density at radius 1 is 1.13 bits per heavy atom. The lowest BCUT2D eigenvalue weighted by molar-refractivity contribution is -0.121. The van der Waals surface area contributed by atoms with Crippen LogP contribution in [0.4, 0.5) is 5.69 Å². The van der Waals surface area contributed by atoms with Gasteiger partial charge in [0.1, 0.15) is 11.5 Å². The van der Waals surface area contributed by atoms with E-state index in [1.165, 1.54) is 28.8 Å². The quantitative estimate of drug-likeness (QED) is 0.457. The van der Waals surface area contributed by atoms with E-state index < -0.39 is 5.97 Å². The third-order valence-electron chi connectivity index (χ3n) is 4.43. The van der Waals surface area contributed by atoms with Crippen LogP contribution < -0.4 is 0 Å². The highest BCUT2D eigenvalue weighted by molar-refractivity contribution is 8.18. The maximum atomic E-state index is 12.6. The van der Waals surface area contributed by atoms with Crippen molar-refractivity contribution < 1.29 is 19.1 Å². The molecule has 0 saturated carbocycles. The van der Waals surface area contributed by atoms with E-state index in [-0.39, 0.29) is 11.5 Å². The summed E-state index contributed by atoms with van der Waals surface area (Å²) in [7, 11) is 1.61. The van der Waals surface area contributed by atoms with Crippen molar-refractivity contribution in [1.82, 2.24) is 4.90 Å². The maximum Gasteiger partial charge on any atom is 0.335 e. The zero-order valence-corrected chi connectivity index (χ0v) is 18.3. The first-order chi connectivity index (χ1) is 14.8. The SMILES string of the molecule is CN1C(=O)/C(=C\c2ccc(-c3ccc(Cl)c(Cl)c3)o2)SC1=Nc1cccc(C(=O)O)c1. The highest BCUT2D eigenvalue weighted by Gasteiger charge is 2.30. The molecule has 31 heavy (non-hydrogen) atoms. The summed E-state index contributed by atoms with van der Waals surface area (Å²) in [5, 5.41) is 10.4. The first-order valence-corrected chi connectivity index (χ1v) is 10.5. The molecule has 9 heteroatoms. The van der Waals surface area contributed by atoms with Crippen LogP contribution in [0.15, 0.2) is 68.9 Å². The smallest absolute Gasteiger partial charge is 0.335 e. The third kappa shape index (κ3) is 4.54. The Balaban J connectivity index is 1.59. The molecule has 1 fully saturated rings. The van der Waals surface area contributed by atoms with Crippen LogP contribution in [-0.2, 0) is 4.79 Å². The van der Waals surface area contributed by atoms with Gasteiger partial charge in [-0.2, -0.15) is 0 Å². The Labute approximate surface area is 191 Å². The Morgan fingerprint density at radius 3 is 2.68 bits per heavy atom. The molecule has 1 saturated heterocycles. The number of nitrogens with zero attached hydrogens (tertiary/aromatic N) is 2. The number of aliphatic imine (C=N–C) groups is 1. The largest absolute Gasteiger partial charge is 0.478 e. The number of carboxylic acids is 1. The van der Waals surface area contributed by atoms with Gasteiger partial charge in [-0.1, -0.05) is 29.3 Å². The molecule has 0 spiro atoms. The van der Waals surface area contributed by atoms with E-state index in [4.69, 9.17) is 32.7 Å². The summed E-state index contributed by atoms with van der Waals surface area (Å²) in [6, 6.07) is 14.9. The number of likely N-dealkylation sites (N-methyl/N-ethyl adjacent to an activating group) is 1. The minimum Gasteiger partial charge on any atom is -0.478 e. The number of halogens is 2. The van der Waals surface area contributed by atoms with Gasteiger partial charge in [-0.25, -0.2) is 9.79 Å². The van der Waals surface area contributed by atoms with Gasteiger partial charge in [0.25, 0.3) is 5.91 Å². The fraction of sp³-hybridized carbons (Fsp3) is 0.0455. The van der Waals surface area contributed by atoms with E-state index in [9.17, 15) is 9.59 Å². The van der Waals surface area contributed by atoms with Crippen molar-refractivity contribution in [3.63, 3.8) is 0 Å². The molecule has 0 unspecified atom stereocenters. The van der Waals surface area contributed by atoms with Crippen LogP contribution in [0.3, 0.4) is 0 Å². The van der Waals surface area contributed by atoms with Crippen molar-refractivity contribution in [2.45, 2.75) is 0 Å². The Morgan fingerprint density at radius 2 is 1.94 bits per heavy atom. The van der Waals surface area contributed by atoms with E-state index in [0.29, 0.717) is 37.3 Å². The molecule has 1 N–H and O–H groups in total. The first-order valence-electron chi connectivity index (χ1n) is 8.97. The Bertz CT molecular complexity index is 1270. The summed E-state index contributed by atoms with van der Waals surface area (Å²) in [5.41, 5.74) is 1.34. The summed E-state index contributed by atoms with van der Waals surface area (Å²) in [5.74, 6) is -0.180. The lowest BCUT2D eigenvalue weighted by atomic mass is 10.2. The first kappa shape index (κ1) is 21.2. The minimum absolute atomic E-state index is 0.125. The second-order valence-corrected chi connectivity index (χ2v) is 8.38. The summed E-state index contributed by atoms with van der Waals surface area (Å²) in [4.78, 5) is 30.0. The minimum atomic E-state index is -1.04. The Kier molecular flexibility index (Phi) is 5.91. The van der Waals surface area contributed by atoms with E-state index in [0.717, 1.165) is 5.56 Å². The predicted molar refractivity (Wildman–Crippen MR) is 123 cm³/mol. The van der Waals surface area contributed by atoms with E-state index >= 15 is 0 Å². The van der Waals surface area contributed by atoms with Crippen LogP contribution in [0.1, 0.15) is 16.1 Å². The summed E-state index contributed by atoms with van der Waals surface area (Å²) < 4.78 is 5.84. The van der Waals surface area contributed by atoms with Gasteiger partial charge < -0.3 is 9.52 Å². The normalized spacial score (nSPS) is 16.5. The predicted octanol–water partition coefficient (Wildman–Crippen LogP) is 6.19. The number of carbonyl (C=O) groups excluding carboxylic acids is 1. The van der Waals surface area contributed by atoms with Crippen molar-refractivity contribution in [2.24, 2.45) is 4.99 Å². The molecular weight excluding hydrogens is 459 g/mol. The molecule has 6 nitrogen and oxygen atoms in total. The standard InChI is InChI=1S/C22H14Cl2N2O4S/c1-26-20(27)19(31-22(26)25-14-4-2-3-13(9-14)21(28)29)11-15-6-8-18(30-15)12-5-7-16(23)17(24)10-12/h2-11H,1H3,(H,28,29)/b19-11+,25-22?. The van der Waals surface area contributed by atoms with Gasteiger partial charge in [0.05, 0.1) is 26.2 Å². The molecular formula is C22H14Cl2N2O4S. The van der Waals surface area contributed by atoms with E-state index in [1.807, 2.05) is 0 Å². The van der Waals surface area contributed by atoms with Gasteiger partial charge in [0, 0.05) is 18.7 Å². The molecule has 0 bridgehead atoms. The highest BCUT2D eigenvalue weighted by atomic mass is 35.5. The summed E-state index contributed by atoms with van der Waals surface area (Å²) in [6.45, 7) is 0. The van der Waals surface area contributed by atoms with Crippen LogP contribution in [0.2, 0.25) is 10.0 Å². The number of hydrogen-bond acceptors (Lipinski definition) is 5. The second-order valence-electron chi connectivity index (χ2n) is 6.56. The third-order valence-corrected chi connectivity index (χ3v) is 6.22. The number of carboxylic acid groups (broad SMARTS) is 1. The van der Waals surface area contributed by atoms with Crippen LogP contribution in [0, 0.1) is 0 Å². The van der Waals surface area contributed by atoms with Crippen molar-refractivity contribution in [3.05, 3.63) is 80.9 Å². The van der Waals surface area contributed by atoms with Gasteiger partial charge >= 0.3 is 5.97 Å². The highest BCUT2D eigenvalue weighted by Crippen LogP contribution is 2.35. The molecule has 0 radical (unpaired) electrons.